The SMILES string of the molecule is OCC(O)COC1OC(CS)C(O)C(O)C1O. The highest BCUT2D eigenvalue weighted by Crippen LogP contribution is 2.22. The van der Waals surface area contributed by atoms with Crippen LogP contribution in [0.25, 0.3) is 0 Å². The van der Waals surface area contributed by atoms with Crippen molar-refractivity contribution in [1.29, 1.82) is 0 Å². The Bertz CT molecular complexity index is 227. The summed E-state index contributed by atoms with van der Waals surface area (Å²) in [5, 5.41) is 46.3. The minimum atomic E-state index is -1.42. The lowest BCUT2D eigenvalue weighted by Crippen LogP contribution is -2.59. The molecule has 6 atom stereocenters. The van der Waals surface area contributed by atoms with Crippen LogP contribution < -0.4 is 0 Å². The zero-order valence-electron chi connectivity index (χ0n) is 9.09. The second kappa shape index (κ2) is 6.86. The average molecular weight is 270 g/mol. The molecule has 17 heavy (non-hydrogen) atoms. The Morgan fingerprint density at radius 2 is 1.82 bits per heavy atom. The summed E-state index contributed by atoms with van der Waals surface area (Å²) in [6, 6.07) is 0. The van der Waals surface area contributed by atoms with Crippen LogP contribution in [0.15, 0.2) is 0 Å². The van der Waals surface area contributed by atoms with Crippen molar-refractivity contribution in [2.75, 3.05) is 19.0 Å². The van der Waals surface area contributed by atoms with Crippen LogP contribution in [0, 0.1) is 0 Å². The lowest BCUT2D eigenvalue weighted by molar-refractivity contribution is -0.296. The van der Waals surface area contributed by atoms with Crippen molar-refractivity contribution >= 4 is 12.6 Å². The van der Waals surface area contributed by atoms with E-state index < -0.39 is 43.4 Å². The number of thiol groups is 1. The highest BCUT2D eigenvalue weighted by Gasteiger charge is 2.43. The van der Waals surface area contributed by atoms with Gasteiger partial charge in [-0.3, -0.25) is 0 Å². The summed E-state index contributed by atoms with van der Waals surface area (Å²) in [5.74, 6) is 0.146. The predicted molar refractivity (Wildman–Crippen MR) is 59.6 cm³/mol. The van der Waals surface area contributed by atoms with Crippen LogP contribution in [0.3, 0.4) is 0 Å². The number of ether oxygens (including phenoxy) is 2. The van der Waals surface area contributed by atoms with Crippen LogP contribution in [-0.2, 0) is 9.47 Å². The molecule has 1 aliphatic heterocycles. The molecule has 0 aromatic rings. The minimum Gasteiger partial charge on any atom is -0.394 e. The molecule has 0 radical (unpaired) electrons. The number of rotatable bonds is 5. The lowest BCUT2D eigenvalue weighted by atomic mass is 10.00. The largest absolute Gasteiger partial charge is 0.394 e. The van der Waals surface area contributed by atoms with E-state index in [4.69, 9.17) is 19.7 Å². The monoisotopic (exact) mass is 270 g/mol. The van der Waals surface area contributed by atoms with E-state index in [9.17, 15) is 15.3 Å². The first-order chi connectivity index (χ1) is 8.01. The maximum Gasteiger partial charge on any atom is 0.186 e. The van der Waals surface area contributed by atoms with Gasteiger partial charge in [-0.1, -0.05) is 0 Å². The number of hydrogen-bond donors (Lipinski definition) is 6. The summed E-state index contributed by atoms with van der Waals surface area (Å²) >= 11 is 3.94. The van der Waals surface area contributed by atoms with E-state index in [0.717, 1.165) is 0 Å². The van der Waals surface area contributed by atoms with Crippen molar-refractivity contribution in [1.82, 2.24) is 0 Å². The molecule has 1 aliphatic rings. The third-order valence-corrected chi connectivity index (χ3v) is 2.87. The van der Waals surface area contributed by atoms with Crippen molar-refractivity contribution < 1.29 is 35.0 Å². The molecule has 6 unspecified atom stereocenters. The quantitative estimate of drug-likeness (QED) is 0.296. The van der Waals surface area contributed by atoms with Gasteiger partial charge in [-0.2, -0.15) is 12.6 Å². The van der Waals surface area contributed by atoms with E-state index in [1.165, 1.54) is 0 Å². The zero-order valence-corrected chi connectivity index (χ0v) is 9.98. The molecule has 0 aromatic carbocycles. The maximum atomic E-state index is 9.58. The fraction of sp³-hybridized carbons (Fsp3) is 1.00. The van der Waals surface area contributed by atoms with E-state index in [1.54, 1.807) is 0 Å². The Hall–Kier alpha value is 0.0700. The maximum absolute atomic E-state index is 9.58. The van der Waals surface area contributed by atoms with Crippen LogP contribution in [0.2, 0.25) is 0 Å². The summed E-state index contributed by atoms with van der Waals surface area (Å²) in [6.45, 7) is -0.732. The van der Waals surface area contributed by atoms with Gasteiger partial charge in [-0.05, 0) is 0 Å². The molecular weight excluding hydrogens is 252 g/mol. The molecule has 1 saturated heterocycles. The third-order valence-electron chi connectivity index (χ3n) is 2.51. The van der Waals surface area contributed by atoms with Crippen molar-refractivity contribution in [2.24, 2.45) is 0 Å². The fourth-order valence-corrected chi connectivity index (χ4v) is 1.77. The molecule has 0 spiro atoms. The van der Waals surface area contributed by atoms with Crippen molar-refractivity contribution in [3.05, 3.63) is 0 Å². The Kier molecular flexibility index (Phi) is 6.10. The van der Waals surface area contributed by atoms with Gasteiger partial charge in [0.05, 0.1) is 19.3 Å². The standard InChI is InChI=1S/C9H18O7S/c10-1-4(11)2-15-9-8(14)7(13)6(12)5(3-17)16-9/h4-14,17H,1-3H2. The fourth-order valence-electron chi connectivity index (χ4n) is 1.46. The molecule has 1 heterocycles. The zero-order chi connectivity index (χ0) is 13.0. The summed E-state index contributed by atoms with van der Waals surface area (Å²) < 4.78 is 10.2. The van der Waals surface area contributed by atoms with Gasteiger partial charge in [-0.25, -0.2) is 0 Å². The van der Waals surface area contributed by atoms with Gasteiger partial charge in [0.15, 0.2) is 6.29 Å². The summed E-state index contributed by atoms with van der Waals surface area (Å²) in [7, 11) is 0. The van der Waals surface area contributed by atoms with Crippen LogP contribution in [0.1, 0.15) is 0 Å². The van der Waals surface area contributed by atoms with Crippen LogP contribution in [0.5, 0.6) is 0 Å². The van der Waals surface area contributed by atoms with Crippen LogP contribution in [0.4, 0.5) is 0 Å². The molecule has 5 N–H and O–H groups in total. The molecular formula is C9H18O7S. The highest BCUT2D eigenvalue weighted by atomic mass is 32.1. The molecule has 0 saturated carbocycles. The van der Waals surface area contributed by atoms with E-state index in [2.05, 4.69) is 12.6 Å². The Labute approximate surface area is 104 Å². The molecule has 0 bridgehead atoms. The first-order valence-electron chi connectivity index (χ1n) is 5.22. The summed E-state index contributed by atoms with van der Waals surface area (Å²) in [4.78, 5) is 0. The van der Waals surface area contributed by atoms with E-state index in [1.807, 2.05) is 0 Å². The van der Waals surface area contributed by atoms with Crippen molar-refractivity contribution in [3.63, 3.8) is 0 Å². The average Bonchev–Trinajstić information content (AvgIpc) is 2.34. The predicted octanol–water partition coefficient (Wildman–Crippen LogP) is -2.91. The van der Waals surface area contributed by atoms with Gasteiger partial charge >= 0.3 is 0 Å². The topological polar surface area (TPSA) is 120 Å². The minimum absolute atomic E-state index is 0.146. The number of aliphatic hydroxyl groups excluding tert-OH is 5. The van der Waals surface area contributed by atoms with Crippen molar-refractivity contribution in [2.45, 2.75) is 36.8 Å². The molecule has 102 valence electrons. The van der Waals surface area contributed by atoms with E-state index in [0.29, 0.717) is 0 Å². The lowest BCUT2D eigenvalue weighted by Gasteiger charge is -2.39. The molecule has 7 nitrogen and oxygen atoms in total. The normalized spacial score (nSPS) is 40.2. The van der Waals surface area contributed by atoms with Gasteiger partial charge in [-0.15, -0.1) is 0 Å². The van der Waals surface area contributed by atoms with Gasteiger partial charge in [0, 0.05) is 5.75 Å². The smallest absolute Gasteiger partial charge is 0.186 e. The molecule has 8 heteroatoms. The number of aliphatic hydroxyl groups is 5. The van der Waals surface area contributed by atoms with Gasteiger partial charge in [0.1, 0.15) is 24.4 Å². The molecule has 0 amide bonds. The molecule has 0 aliphatic carbocycles. The van der Waals surface area contributed by atoms with Crippen molar-refractivity contribution in [3.8, 4) is 0 Å². The third kappa shape index (κ3) is 3.76. The van der Waals surface area contributed by atoms with Gasteiger partial charge < -0.3 is 35.0 Å². The summed E-state index contributed by atoms with van der Waals surface area (Å²) in [5.41, 5.74) is 0. The Balaban J connectivity index is 2.53. The second-order valence-electron chi connectivity index (χ2n) is 3.87. The number of hydrogen-bond acceptors (Lipinski definition) is 8. The first kappa shape index (κ1) is 15.1. The van der Waals surface area contributed by atoms with Gasteiger partial charge in [0.25, 0.3) is 0 Å². The Morgan fingerprint density at radius 3 is 2.35 bits per heavy atom. The van der Waals surface area contributed by atoms with Gasteiger partial charge in [0.2, 0.25) is 0 Å². The van der Waals surface area contributed by atoms with E-state index >= 15 is 0 Å². The summed E-state index contributed by atoms with van der Waals surface area (Å²) in [6.07, 6.45) is -7.11. The highest BCUT2D eigenvalue weighted by molar-refractivity contribution is 7.80. The second-order valence-corrected chi connectivity index (χ2v) is 4.23. The van der Waals surface area contributed by atoms with Crippen LogP contribution >= 0.6 is 12.6 Å². The first-order valence-corrected chi connectivity index (χ1v) is 5.85. The Morgan fingerprint density at radius 1 is 1.18 bits per heavy atom. The van der Waals surface area contributed by atoms with E-state index in [-0.39, 0.29) is 12.4 Å². The molecule has 1 fully saturated rings. The van der Waals surface area contributed by atoms with Crippen LogP contribution in [-0.4, -0.2) is 81.3 Å². The molecule has 1 rings (SSSR count). The molecule has 0 aromatic heterocycles.